The molecule has 1 radical (unpaired) electrons. The van der Waals surface area contributed by atoms with Gasteiger partial charge in [0.25, 0.3) is 0 Å². The molecule has 1 heterocycles. The van der Waals surface area contributed by atoms with Crippen molar-refractivity contribution in [2.75, 3.05) is 0 Å². The summed E-state index contributed by atoms with van der Waals surface area (Å²) < 4.78 is 0. The molecule has 0 aliphatic heterocycles. The molecule has 1 aromatic heterocycles. The summed E-state index contributed by atoms with van der Waals surface area (Å²) in [5, 5.41) is 0. The Kier molecular flexibility index (Phi) is 4.64. The quantitative estimate of drug-likeness (QED) is 0.343. The topological polar surface area (TPSA) is 12.9 Å². The Balaban J connectivity index is 0.00000192. The number of hydrogen-bond acceptors (Lipinski definition) is 1. The second-order valence-electron chi connectivity index (χ2n) is 9.16. The number of nitrogens with zero attached hydrogens (tertiary/aromatic N) is 1. The maximum absolute atomic E-state index is 4.77. The van der Waals surface area contributed by atoms with E-state index in [1.165, 1.54) is 52.6 Å². The molecule has 0 N–H and O–H groups in total. The molecule has 0 amide bonds. The van der Waals surface area contributed by atoms with E-state index < -0.39 is 0 Å². The van der Waals surface area contributed by atoms with E-state index in [0.29, 0.717) is 0 Å². The van der Waals surface area contributed by atoms with E-state index in [1.807, 2.05) is 0 Å². The standard InChI is InChI=1S/C26H26N.Ir/c1-25(2)20-10-5-6-11-21(20)26(3,4)23-14-18(12-13-22(23)25)24-15-17-8-7-9-19(17)16-27-24;/h5-6,10-11,13-16H,7-9H2,1-4H3;/q-1;. The largest absolute Gasteiger partial charge is 0.304 e. The second kappa shape index (κ2) is 6.65. The fraction of sp³-hybridized carbons (Fsp3) is 0.346. The minimum atomic E-state index is -0.0258. The zero-order valence-electron chi connectivity index (χ0n) is 17.0. The monoisotopic (exact) mass is 545 g/mol. The van der Waals surface area contributed by atoms with Crippen LogP contribution in [0.1, 0.15) is 67.5 Å². The third kappa shape index (κ3) is 2.73. The molecule has 5 rings (SSSR count). The second-order valence-corrected chi connectivity index (χ2v) is 9.16. The first-order valence-corrected chi connectivity index (χ1v) is 10.0. The van der Waals surface area contributed by atoms with Gasteiger partial charge in [-0.1, -0.05) is 63.6 Å². The van der Waals surface area contributed by atoms with Crippen molar-refractivity contribution in [3.05, 3.63) is 88.1 Å². The molecule has 0 saturated carbocycles. The van der Waals surface area contributed by atoms with E-state index in [-0.39, 0.29) is 30.9 Å². The molecule has 2 aliphatic carbocycles. The number of aryl methyl sites for hydroxylation is 2. The van der Waals surface area contributed by atoms with E-state index in [4.69, 9.17) is 4.98 Å². The molecule has 0 saturated heterocycles. The first-order chi connectivity index (χ1) is 12.9. The molecule has 0 unspecified atom stereocenters. The summed E-state index contributed by atoms with van der Waals surface area (Å²) in [6.07, 6.45) is 5.69. The van der Waals surface area contributed by atoms with Crippen LogP contribution in [0.4, 0.5) is 0 Å². The van der Waals surface area contributed by atoms with Gasteiger partial charge >= 0.3 is 0 Å². The Morgan fingerprint density at radius 1 is 0.821 bits per heavy atom. The number of pyridine rings is 1. The van der Waals surface area contributed by atoms with Crippen molar-refractivity contribution in [3.63, 3.8) is 0 Å². The molecule has 0 fully saturated rings. The summed E-state index contributed by atoms with van der Waals surface area (Å²) in [4.78, 5) is 4.77. The van der Waals surface area contributed by atoms with Crippen molar-refractivity contribution >= 4 is 0 Å². The Hall–Kier alpha value is -1.76. The SMILES string of the molecule is CC1(C)c2c[c-]c(-c3cc4c(cn3)CCC4)cc2C(C)(C)c2ccccc21.[Ir]. The molecule has 3 aromatic rings. The van der Waals surface area contributed by atoms with E-state index in [2.05, 4.69) is 82.4 Å². The van der Waals surface area contributed by atoms with Crippen molar-refractivity contribution in [1.29, 1.82) is 0 Å². The van der Waals surface area contributed by atoms with Crippen LogP contribution in [0.2, 0.25) is 0 Å². The molecule has 0 atom stereocenters. The molecule has 2 aliphatic rings. The first-order valence-electron chi connectivity index (χ1n) is 10.0. The number of aromatic nitrogens is 1. The summed E-state index contributed by atoms with van der Waals surface area (Å²) in [5.74, 6) is 0. The summed E-state index contributed by atoms with van der Waals surface area (Å²) in [6, 6.07) is 19.3. The number of rotatable bonds is 1. The van der Waals surface area contributed by atoms with Crippen LogP contribution in [0.25, 0.3) is 11.3 Å². The van der Waals surface area contributed by atoms with Crippen LogP contribution in [0.15, 0.2) is 48.7 Å². The van der Waals surface area contributed by atoms with Crippen LogP contribution in [0.5, 0.6) is 0 Å². The molecule has 1 nitrogen and oxygen atoms in total. The molecule has 2 aromatic carbocycles. The fourth-order valence-electron chi connectivity index (χ4n) is 5.14. The Bertz CT molecular complexity index is 1060. The van der Waals surface area contributed by atoms with Gasteiger partial charge < -0.3 is 4.98 Å². The minimum Gasteiger partial charge on any atom is -0.304 e. The van der Waals surface area contributed by atoms with Gasteiger partial charge in [-0.05, 0) is 52.5 Å². The normalized spacial score (nSPS) is 17.9. The van der Waals surface area contributed by atoms with Crippen LogP contribution >= 0.6 is 0 Å². The van der Waals surface area contributed by atoms with Crippen LogP contribution in [-0.2, 0) is 43.8 Å². The maximum atomic E-state index is 4.77. The van der Waals surface area contributed by atoms with E-state index in [0.717, 1.165) is 11.3 Å². The number of hydrogen-bond donors (Lipinski definition) is 0. The van der Waals surface area contributed by atoms with Gasteiger partial charge in [0.05, 0.1) is 0 Å². The van der Waals surface area contributed by atoms with Gasteiger partial charge in [0, 0.05) is 26.3 Å². The van der Waals surface area contributed by atoms with Gasteiger partial charge in [-0.2, -0.15) is 0 Å². The van der Waals surface area contributed by atoms with Gasteiger partial charge in [0.2, 0.25) is 0 Å². The predicted molar refractivity (Wildman–Crippen MR) is 111 cm³/mol. The molecular formula is C26H26IrN-. The van der Waals surface area contributed by atoms with Crippen LogP contribution in [0, 0.1) is 6.07 Å². The van der Waals surface area contributed by atoms with E-state index in [1.54, 1.807) is 0 Å². The van der Waals surface area contributed by atoms with Crippen LogP contribution in [-0.4, -0.2) is 4.98 Å². The predicted octanol–water partition coefficient (Wildman–Crippen LogP) is 6.00. The Morgan fingerprint density at radius 3 is 2.18 bits per heavy atom. The van der Waals surface area contributed by atoms with E-state index in [9.17, 15) is 0 Å². The van der Waals surface area contributed by atoms with Crippen molar-refractivity contribution in [1.82, 2.24) is 4.98 Å². The molecule has 0 bridgehead atoms. The van der Waals surface area contributed by atoms with Gasteiger partial charge in [0.15, 0.2) is 0 Å². The zero-order chi connectivity index (χ0) is 18.8. The van der Waals surface area contributed by atoms with Gasteiger partial charge in [-0.15, -0.1) is 34.9 Å². The Morgan fingerprint density at radius 2 is 1.46 bits per heavy atom. The molecule has 2 heteroatoms. The summed E-state index contributed by atoms with van der Waals surface area (Å²) >= 11 is 0. The van der Waals surface area contributed by atoms with Crippen molar-refractivity contribution in [3.8, 4) is 11.3 Å². The molecule has 28 heavy (non-hydrogen) atoms. The summed E-state index contributed by atoms with van der Waals surface area (Å²) in [6.45, 7) is 9.36. The van der Waals surface area contributed by atoms with Gasteiger partial charge in [0.1, 0.15) is 0 Å². The van der Waals surface area contributed by atoms with Crippen molar-refractivity contribution in [2.24, 2.45) is 0 Å². The fourth-order valence-corrected chi connectivity index (χ4v) is 5.14. The third-order valence-corrected chi connectivity index (χ3v) is 6.82. The van der Waals surface area contributed by atoms with Crippen molar-refractivity contribution < 1.29 is 20.1 Å². The minimum absolute atomic E-state index is 0. The third-order valence-electron chi connectivity index (χ3n) is 6.82. The van der Waals surface area contributed by atoms with Crippen molar-refractivity contribution in [2.45, 2.75) is 57.8 Å². The maximum Gasteiger partial charge on any atom is 0.0195 e. The average molecular weight is 545 g/mol. The zero-order valence-corrected chi connectivity index (χ0v) is 19.4. The summed E-state index contributed by atoms with van der Waals surface area (Å²) in [7, 11) is 0. The molecule has 0 spiro atoms. The number of fused-ring (bicyclic) bond motifs is 3. The Labute approximate surface area is 182 Å². The molecular weight excluding hydrogens is 519 g/mol. The number of benzene rings is 2. The first kappa shape index (κ1) is 19.6. The van der Waals surface area contributed by atoms with Crippen LogP contribution < -0.4 is 0 Å². The smallest absolute Gasteiger partial charge is 0.0195 e. The molecule has 145 valence electrons. The van der Waals surface area contributed by atoms with Gasteiger partial charge in [-0.25, -0.2) is 0 Å². The van der Waals surface area contributed by atoms with E-state index >= 15 is 0 Å². The summed E-state index contributed by atoms with van der Waals surface area (Å²) in [5.41, 5.74) is 10.7. The van der Waals surface area contributed by atoms with Crippen LogP contribution in [0.3, 0.4) is 0 Å². The van der Waals surface area contributed by atoms with Gasteiger partial charge in [-0.3, -0.25) is 0 Å². The average Bonchev–Trinajstić information content (AvgIpc) is 3.14.